The largest absolute Gasteiger partial charge is 0.466 e. The molecule has 6 heteroatoms. The van der Waals surface area contributed by atoms with Crippen LogP contribution in [0.3, 0.4) is 0 Å². The first-order valence-electron chi connectivity index (χ1n) is 31.6. The summed E-state index contributed by atoms with van der Waals surface area (Å²) in [6.45, 7) is 4.90. The van der Waals surface area contributed by atoms with E-state index in [0.717, 1.165) is 51.4 Å². The number of carbonyl (C=O) groups excluding carboxylic acids is 2. The molecular formula is C64H123NO5. The summed E-state index contributed by atoms with van der Waals surface area (Å²) in [4.78, 5) is 24.6. The van der Waals surface area contributed by atoms with Crippen LogP contribution in [0.15, 0.2) is 24.3 Å². The molecule has 2 atom stereocenters. The monoisotopic (exact) mass is 986 g/mol. The summed E-state index contributed by atoms with van der Waals surface area (Å²) in [7, 11) is 0. The standard InChI is InChI=1S/C64H123NO5/c1-3-5-7-9-11-13-15-17-19-20-21-22-23-24-25-26-27-29-32-36-40-44-48-52-56-62(67)61(60-66)65-63(68)57-53-49-45-41-37-33-30-28-31-35-39-43-47-51-55-59-70-64(69)58-54-50-46-42-38-34-18-16-14-12-10-8-6-4-2/h16,18,52,56,61-62,66-67H,3-15,17,19-51,53-55,57-60H2,1-2H3,(H,65,68)/b18-16-,56-52+. The fourth-order valence-corrected chi connectivity index (χ4v) is 9.87. The zero-order chi connectivity index (χ0) is 50.7. The minimum atomic E-state index is -0.852. The van der Waals surface area contributed by atoms with Crippen LogP contribution in [0.1, 0.15) is 348 Å². The molecule has 0 aliphatic carbocycles. The van der Waals surface area contributed by atoms with Gasteiger partial charge in [-0.05, 0) is 57.8 Å². The molecule has 1 amide bonds. The summed E-state index contributed by atoms with van der Waals surface area (Å²) >= 11 is 0. The average Bonchev–Trinajstić information content (AvgIpc) is 3.36. The maximum absolute atomic E-state index is 12.5. The van der Waals surface area contributed by atoms with Crippen molar-refractivity contribution in [1.29, 1.82) is 0 Å². The zero-order valence-electron chi connectivity index (χ0n) is 47.3. The summed E-state index contributed by atoms with van der Waals surface area (Å²) in [5, 5.41) is 23.2. The van der Waals surface area contributed by atoms with Crippen molar-refractivity contribution in [3.8, 4) is 0 Å². The van der Waals surface area contributed by atoms with Crippen LogP contribution in [-0.4, -0.2) is 47.4 Å². The first-order chi connectivity index (χ1) is 34.5. The van der Waals surface area contributed by atoms with Crippen molar-refractivity contribution in [3.63, 3.8) is 0 Å². The van der Waals surface area contributed by atoms with Crippen LogP contribution in [-0.2, 0) is 14.3 Å². The van der Waals surface area contributed by atoms with Gasteiger partial charge in [0.15, 0.2) is 0 Å². The Morgan fingerprint density at radius 2 is 0.671 bits per heavy atom. The fraction of sp³-hybridized carbons (Fsp3) is 0.906. The molecule has 0 bridgehead atoms. The first-order valence-corrected chi connectivity index (χ1v) is 31.6. The number of carbonyl (C=O) groups is 2. The topological polar surface area (TPSA) is 95.9 Å². The second-order valence-corrected chi connectivity index (χ2v) is 21.7. The summed E-state index contributed by atoms with van der Waals surface area (Å²) in [5.41, 5.74) is 0. The van der Waals surface area contributed by atoms with Crippen LogP contribution in [0.5, 0.6) is 0 Å². The molecule has 0 rings (SSSR count). The minimum absolute atomic E-state index is 0.00821. The van der Waals surface area contributed by atoms with E-state index in [0.29, 0.717) is 19.4 Å². The highest BCUT2D eigenvalue weighted by molar-refractivity contribution is 5.76. The quantitative estimate of drug-likeness (QED) is 0.0321. The Morgan fingerprint density at radius 3 is 1.01 bits per heavy atom. The maximum atomic E-state index is 12.5. The summed E-state index contributed by atoms with van der Waals surface area (Å²) in [6.07, 6.45) is 73.6. The lowest BCUT2D eigenvalue weighted by Crippen LogP contribution is -2.45. The van der Waals surface area contributed by atoms with Gasteiger partial charge in [-0.15, -0.1) is 0 Å². The minimum Gasteiger partial charge on any atom is -0.466 e. The van der Waals surface area contributed by atoms with Crippen molar-refractivity contribution in [3.05, 3.63) is 24.3 Å². The van der Waals surface area contributed by atoms with Gasteiger partial charge in [-0.25, -0.2) is 0 Å². The third-order valence-electron chi connectivity index (χ3n) is 14.7. The number of nitrogens with one attached hydrogen (secondary N) is 1. The van der Waals surface area contributed by atoms with E-state index < -0.39 is 12.1 Å². The zero-order valence-corrected chi connectivity index (χ0v) is 47.3. The molecule has 0 aliphatic heterocycles. The van der Waals surface area contributed by atoms with Crippen LogP contribution >= 0.6 is 0 Å². The summed E-state index contributed by atoms with van der Waals surface area (Å²) in [6, 6.07) is -0.636. The average molecular weight is 987 g/mol. The van der Waals surface area contributed by atoms with Gasteiger partial charge in [0, 0.05) is 12.8 Å². The number of rotatable bonds is 59. The molecular weight excluding hydrogens is 863 g/mol. The van der Waals surface area contributed by atoms with Gasteiger partial charge in [0.1, 0.15) is 0 Å². The molecule has 0 aliphatic rings. The van der Waals surface area contributed by atoms with Crippen molar-refractivity contribution in [1.82, 2.24) is 5.32 Å². The molecule has 70 heavy (non-hydrogen) atoms. The normalized spacial score (nSPS) is 12.7. The van der Waals surface area contributed by atoms with Gasteiger partial charge in [-0.2, -0.15) is 0 Å². The van der Waals surface area contributed by atoms with Crippen molar-refractivity contribution in [2.75, 3.05) is 13.2 Å². The fourth-order valence-electron chi connectivity index (χ4n) is 9.87. The molecule has 0 saturated heterocycles. The number of ether oxygens (including phenoxy) is 1. The lowest BCUT2D eigenvalue weighted by molar-refractivity contribution is -0.143. The molecule has 3 N–H and O–H groups in total. The third kappa shape index (κ3) is 55.7. The lowest BCUT2D eigenvalue weighted by atomic mass is 10.0. The van der Waals surface area contributed by atoms with Crippen molar-refractivity contribution in [2.24, 2.45) is 0 Å². The summed E-state index contributed by atoms with van der Waals surface area (Å²) < 4.78 is 5.47. The van der Waals surface area contributed by atoms with Crippen LogP contribution in [0, 0.1) is 0 Å². The molecule has 414 valence electrons. The highest BCUT2D eigenvalue weighted by Crippen LogP contribution is 2.18. The second kappa shape index (κ2) is 59.9. The molecule has 0 saturated carbocycles. The molecule has 0 aromatic rings. The summed E-state index contributed by atoms with van der Waals surface area (Å²) in [5.74, 6) is -0.0814. The van der Waals surface area contributed by atoms with Gasteiger partial charge in [0.2, 0.25) is 5.91 Å². The molecule has 6 nitrogen and oxygen atoms in total. The van der Waals surface area contributed by atoms with E-state index in [9.17, 15) is 19.8 Å². The van der Waals surface area contributed by atoms with Gasteiger partial charge < -0.3 is 20.3 Å². The van der Waals surface area contributed by atoms with Crippen LogP contribution in [0.4, 0.5) is 0 Å². The predicted molar refractivity (Wildman–Crippen MR) is 306 cm³/mol. The van der Waals surface area contributed by atoms with Crippen molar-refractivity contribution < 1.29 is 24.5 Å². The Balaban J connectivity index is 3.46. The van der Waals surface area contributed by atoms with E-state index in [1.165, 1.54) is 270 Å². The molecule has 0 aromatic heterocycles. The van der Waals surface area contributed by atoms with Crippen molar-refractivity contribution in [2.45, 2.75) is 360 Å². The van der Waals surface area contributed by atoms with E-state index in [4.69, 9.17) is 4.74 Å². The number of hydrogen-bond acceptors (Lipinski definition) is 5. The number of amides is 1. The van der Waals surface area contributed by atoms with Crippen molar-refractivity contribution >= 4 is 11.9 Å². The van der Waals surface area contributed by atoms with Crippen LogP contribution in [0.2, 0.25) is 0 Å². The predicted octanol–water partition coefficient (Wildman–Crippen LogP) is 19.8. The number of aliphatic hydroxyl groups excluding tert-OH is 2. The number of unbranched alkanes of at least 4 members (excludes halogenated alkanes) is 46. The van der Waals surface area contributed by atoms with Gasteiger partial charge in [0.05, 0.1) is 25.4 Å². The molecule has 0 heterocycles. The Morgan fingerprint density at radius 1 is 0.386 bits per heavy atom. The van der Waals surface area contributed by atoms with E-state index in [2.05, 4.69) is 31.3 Å². The highest BCUT2D eigenvalue weighted by atomic mass is 16.5. The van der Waals surface area contributed by atoms with Gasteiger partial charge in [0.25, 0.3) is 0 Å². The van der Waals surface area contributed by atoms with Crippen LogP contribution < -0.4 is 5.32 Å². The second-order valence-electron chi connectivity index (χ2n) is 21.7. The number of aliphatic hydroxyl groups is 2. The lowest BCUT2D eigenvalue weighted by Gasteiger charge is -2.20. The Bertz CT molecular complexity index is 1090. The van der Waals surface area contributed by atoms with E-state index in [1.807, 2.05) is 6.08 Å². The maximum Gasteiger partial charge on any atom is 0.305 e. The third-order valence-corrected chi connectivity index (χ3v) is 14.7. The first kappa shape index (κ1) is 68.3. The number of hydrogen-bond donors (Lipinski definition) is 3. The molecule has 0 spiro atoms. The van der Waals surface area contributed by atoms with Crippen LogP contribution in [0.25, 0.3) is 0 Å². The Hall–Kier alpha value is -1.66. The molecule has 0 fully saturated rings. The van der Waals surface area contributed by atoms with E-state index in [1.54, 1.807) is 6.08 Å². The Labute approximate surface area is 437 Å². The SMILES string of the molecule is CCCCCCC/C=C\CCCCCCCC(=O)OCCCCCCCCCCCCCCCCCC(=O)NC(CO)C(O)/C=C/CCCCCCCCCCCCCCCCCCCCCCCC. The molecule has 2 unspecified atom stereocenters. The van der Waals surface area contributed by atoms with Gasteiger partial charge >= 0.3 is 5.97 Å². The highest BCUT2D eigenvalue weighted by Gasteiger charge is 2.18. The van der Waals surface area contributed by atoms with Gasteiger partial charge in [-0.1, -0.05) is 301 Å². The smallest absolute Gasteiger partial charge is 0.305 e. The number of allylic oxidation sites excluding steroid dienone is 3. The van der Waals surface area contributed by atoms with Gasteiger partial charge in [-0.3, -0.25) is 9.59 Å². The molecule has 0 aromatic carbocycles. The van der Waals surface area contributed by atoms with E-state index in [-0.39, 0.29) is 18.5 Å². The molecule has 0 radical (unpaired) electrons. The Kier molecular flexibility index (Phi) is 58.5. The number of esters is 1. The van der Waals surface area contributed by atoms with E-state index >= 15 is 0 Å².